The van der Waals surface area contributed by atoms with Gasteiger partial charge in [-0.1, -0.05) is 71.2 Å². The summed E-state index contributed by atoms with van der Waals surface area (Å²) in [5.41, 5.74) is 4.28. The lowest BCUT2D eigenvalue weighted by molar-refractivity contribution is 0.543. The summed E-state index contributed by atoms with van der Waals surface area (Å²) in [4.78, 5) is 0. The van der Waals surface area contributed by atoms with E-state index in [0.717, 1.165) is 46.3 Å². The van der Waals surface area contributed by atoms with Gasteiger partial charge in [-0.2, -0.15) is 0 Å². The third kappa shape index (κ3) is 4.77. The van der Waals surface area contributed by atoms with E-state index < -0.39 is 0 Å². The van der Waals surface area contributed by atoms with E-state index in [-0.39, 0.29) is 15.8 Å². The number of rotatable bonds is 7. The molecule has 0 radical (unpaired) electrons. The highest BCUT2D eigenvalue weighted by atomic mass is 31.1. The van der Waals surface area contributed by atoms with Crippen molar-refractivity contribution in [3.05, 3.63) is 0 Å². The summed E-state index contributed by atoms with van der Waals surface area (Å²) < 4.78 is 0. The van der Waals surface area contributed by atoms with Crippen LogP contribution in [0.1, 0.15) is 81.1 Å². The summed E-state index contributed by atoms with van der Waals surface area (Å²) in [6, 6.07) is 0. The molecule has 0 aromatic carbocycles. The molecule has 2 heterocycles. The molecule has 2 aliphatic rings. The van der Waals surface area contributed by atoms with Crippen molar-refractivity contribution >= 4 is 15.8 Å². The zero-order valence-electron chi connectivity index (χ0n) is 17.8. The minimum atomic E-state index is 0.273. The van der Waals surface area contributed by atoms with E-state index in [1.54, 1.807) is 12.3 Å². The lowest BCUT2D eigenvalue weighted by atomic mass is 10.0. The maximum atomic E-state index is 2.50. The van der Waals surface area contributed by atoms with Crippen molar-refractivity contribution < 1.29 is 0 Å². The lowest BCUT2D eigenvalue weighted by Crippen LogP contribution is -2.21. The number of hydrogen-bond donors (Lipinski definition) is 0. The van der Waals surface area contributed by atoms with Gasteiger partial charge >= 0.3 is 0 Å². The molecule has 2 saturated heterocycles. The minimum Gasteiger partial charge on any atom is -0.0995 e. The van der Waals surface area contributed by atoms with Gasteiger partial charge in [0, 0.05) is 0 Å². The minimum absolute atomic E-state index is 0.273. The third-order valence-electron chi connectivity index (χ3n) is 6.91. The summed E-state index contributed by atoms with van der Waals surface area (Å²) in [7, 11) is 0.545. The average molecular weight is 371 g/mol. The van der Waals surface area contributed by atoms with Crippen molar-refractivity contribution in [2.24, 2.45) is 23.7 Å². The van der Waals surface area contributed by atoms with Gasteiger partial charge in [-0.05, 0) is 84.3 Å². The first kappa shape index (κ1) is 21.2. The molecular weight excluding hydrogens is 326 g/mol. The monoisotopic (exact) mass is 370 g/mol. The normalized spacial score (nSPS) is 37.5. The maximum absolute atomic E-state index is 2.50. The van der Waals surface area contributed by atoms with E-state index in [1.165, 1.54) is 25.7 Å². The van der Waals surface area contributed by atoms with Crippen molar-refractivity contribution in [2.45, 2.75) is 104 Å². The highest BCUT2D eigenvalue weighted by molar-refractivity contribution is 7.63. The van der Waals surface area contributed by atoms with Crippen molar-refractivity contribution in [3.8, 4) is 0 Å². The van der Waals surface area contributed by atoms with Crippen LogP contribution in [0.5, 0.6) is 0 Å². The van der Waals surface area contributed by atoms with E-state index in [0.29, 0.717) is 0 Å². The first-order valence-electron chi connectivity index (χ1n) is 10.8. The smallest absolute Gasteiger partial charge is 0.0183 e. The number of hydrogen-bond acceptors (Lipinski definition) is 0. The molecule has 0 nitrogen and oxygen atoms in total. The van der Waals surface area contributed by atoms with Crippen LogP contribution in [0.2, 0.25) is 0 Å². The van der Waals surface area contributed by atoms with Crippen LogP contribution >= 0.6 is 15.8 Å². The molecule has 4 unspecified atom stereocenters. The van der Waals surface area contributed by atoms with Gasteiger partial charge in [-0.3, -0.25) is 0 Å². The van der Waals surface area contributed by atoms with E-state index >= 15 is 0 Å². The van der Waals surface area contributed by atoms with Gasteiger partial charge in [0.15, 0.2) is 0 Å². The van der Waals surface area contributed by atoms with Crippen molar-refractivity contribution in [1.29, 1.82) is 0 Å². The van der Waals surface area contributed by atoms with Crippen LogP contribution in [0.15, 0.2) is 0 Å². The summed E-state index contributed by atoms with van der Waals surface area (Å²) in [6.45, 7) is 20.0. The predicted octanol–water partition coefficient (Wildman–Crippen LogP) is 7.64. The lowest BCUT2D eigenvalue weighted by Gasteiger charge is -2.35. The van der Waals surface area contributed by atoms with Crippen LogP contribution in [0.25, 0.3) is 0 Å². The van der Waals surface area contributed by atoms with Crippen LogP contribution in [0.4, 0.5) is 0 Å². The fourth-order valence-electron chi connectivity index (χ4n) is 5.60. The SMILES string of the molecule is CC(C)C1CCC(C(C)C)P1CCP1C(C(C)C)CCC1C(C)C. The van der Waals surface area contributed by atoms with Gasteiger partial charge in [-0.25, -0.2) is 0 Å². The molecule has 2 aliphatic heterocycles. The van der Waals surface area contributed by atoms with Crippen LogP contribution in [-0.2, 0) is 0 Å². The standard InChI is InChI=1S/C22H44P2/c1-15(2)19-9-10-20(16(3)4)23(19)13-14-24-21(17(5)6)11-12-22(24)18(7)8/h15-22H,9-14H2,1-8H3. The van der Waals surface area contributed by atoms with Gasteiger partial charge in [0.25, 0.3) is 0 Å². The highest BCUT2D eigenvalue weighted by Crippen LogP contribution is 2.65. The highest BCUT2D eigenvalue weighted by Gasteiger charge is 2.42. The quantitative estimate of drug-likeness (QED) is 0.404. The van der Waals surface area contributed by atoms with E-state index in [9.17, 15) is 0 Å². The maximum Gasteiger partial charge on any atom is -0.0183 e. The molecule has 0 bridgehead atoms. The first-order valence-corrected chi connectivity index (χ1v) is 14.1. The summed E-state index contributed by atoms with van der Waals surface area (Å²) >= 11 is 0. The molecule has 2 fully saturated rings. The molecule has 2 rings (SSSR count). The van der Waals surface area contributed by atoms with Gasteiger partial charge < -0.3 is 0 Å². The molecule has 0 aromatic rings. The van der Waals surface area contributed by atoms with Crippen molar-refractivity contribution in [3.63, 3.8) is 0 Å². The Labute approximate surface area is 155 Å². The van der Waals surface area contributed by atoms with Gasteiger partial charge in [0.05, 0.1) is 0 Å². The Kier molecular flexibility index (Phi) is 8.09. The van der Waals surface area contributed by atoms with Crippen molar-refractivity contribution in [2.75, 3.05) is 12.3 Å². The molecule has 142 valence electrons. The van der Waals surface area contributed by atoms with Gasteiger partial charge in [-0.15, -0.1) is 0 Å². The summed E-state index contributed by atoms with van der Waals surface area (Å²) in [6.07, 6.45) is 9.35. The Morgan fingerprint density at radius 3 is 0.875 bits per heavy atom. The topological polar surface area (TPSA) is 0 Å². The second kappa shape index (κ2) is 9.18. The zero-order chi connectivity index (χ0) is 18.0. The molecule has 2 heteroatoms. The second-order valence-electron chi connectivity index (χ2n) is 9.88. The molecule has 0 aliphatic carbocycles. The average Bonchev–Trinajstić information content (AvgIpc) is 3.08. The molecule has 4 atom stereocenters. The molecule has 0 N–H and O–H groups in total. The Balaban J connectivity index is 2.07. The molecule has 0 aromatic heterocycles. The molecule has 0 amide bonds. The molecule has 0 saturated carbocycles. The Morgan fingerprint density at radius 2 is 0.708 bits per heavy atom. The first-order chi connectivity index (χ1) is 11.2. The largest absolute Gasteiger partial charge is 0.0995 e. The van der Waals surface area contributed by atoms with Crippen LogP contribution in [0.3, 0.4) is 0 Å². The molecule has 24 heavy (non-hydrogen) atoms. The third-order valence-corrected chi connectivity index (χ3v) is 15.6. The van der Waals surface area contributed by atoms with E-state index in [4.69, 9.17) is 0 Å². The van der Waals surface area contributed by atoms with E-state index in [1.807, 2.05) is 0 Å². The van der Waals surface area contributed by atoms with Crippen molar-refractivity contribution in [1.82, 2.24) is 0 Å². The van der Waals surface area contributed by atoms with Gasteiger partial charge in [0.1, 0.15) is 0 Å². The second-order valence-corrected chi connectivity index (χ2v) is 15.5. The molecule has 0 spiro atoms. The summed E-state index contributed by atoms with van der Waals surface area (Å²) in [5, 5.41) is 0. The predicted molar refractivity (Wildman–Crippen MR) is 117 cm³/mol. The van der Waals surface area contributed by atoms with Crippen LogP contribution in [0, 0.1) is 23.7 Å². The van der Waals surface area contributed by atoms with Crippen LogP contribution in [-0.4, -0.2) is 35.0 Å². The Hall–Kier alpha value is 0.860. The fourth-order valence-corrected chi connectivity index (χ4v) is 14.7. The van der Waals surface area contributed by atoms with E-state index in [2.05, 4.69) is 55.4 Å². The van der Waals surface area contributed by atoms with Crippen LogP contribution < -0.4 is 0 Å². The zero-order valence-corrected chi connectivity index (χ0v) is 19.5. The molecular formula is C22H44P2. The Bertz CT molecular complexity index is 306. The Morgan fingerprint density at radius 1 is 0.500 bits per heavy atom. The van der Waals surface area contributed by atoms with Gasteiger partial charge in [0.2, 0.25) is 0 Å². The summed E-state index contributed by atoms with van der Waals surface area (Å²) in [5.74, 6) is 3.66. The fraction of sp³-hybridized carbons (Fsp3) is 1.00.